The van der Waals surface area contributed by atoms with E-state index in [9.17, 15) is 9.59 Å². The van der Waals surface area contributed by atoms with Crippen molar-refractivity contribution >= 4 is 28.9 Å². The van der Waals surface area contributed by atoms with E-state index in [0.29, 0.717) is 29.5 Å². The minimum atomic E-state index is -0.391. The monoisotopic (exact) mass is 253 g/mol. The summed E-state index contributed by atoms with van der Waals surface area (Å²) in [6, 6.07) is 1.80. The molecule has 0 amide bonds. The zero-order chi connectivity index (χ0) is 12.3. The van der Waals surface area contributed by atoms with Crippen LogP contribution in [0.2, 0.25) is 0 Å². The molecule has 0 saturated heterocycles. The van der Waals surface area contributed by atoms with Gasteiger partial charge in [-0.25, -0.2) is 4.79 Å². The second-order valence-electron chi connectivity index (χ2n) is 3.41. The van der Waals surface area contributed by atoms with Gasteiger partial charge < -0.3 is 14.4 Å². The van der Waals surface area contributed by atoms with Crippen LogP contribution in [0.1, 0.15) is 4.88 Å². The van der Waals surface area contributed by atoms with Crippen LogP contribution in [0, 0.1) is 0 Å². The fourth-order valence-corrected chi connectivity index (χ4v) is 2.45. The van der Waals surface area contributed by atoms with Gasteiger partial charge in [0.05, 0.1) is 13.7 Å². The number of fused-ring (bicyclic) bond motifs is 1. The molecule has 0 saturated carbocycles. The first-order chi connectivity index (χ1) is 8.26. The number of methoxy groups -OCH3 is 1. The van der Waals surface area contributed by atoms with E-state index in [0.717, 1.165) is 0 Å². The van der Waals surface area contributed by atoms with E-state index in [2.05, 4.69) is 4.74 Å². The predicted molar refractivity (Wildman–Crippen MR) is 62.5 cm³/mol. The summed E-state index contributed by atoms with van der Waals surface area (Å²) in [6.45, 7) is 0.911. The number of rotatable bonds is 2. The van der Waals surface area contributed by atoms with E-state index in [1.807, 2.05) is 11.3 Å². The molecule has 1 aliphatic heterocycles. The van der Waals surface area contributed by atoms with Gasteiger partial charge in [0.1, 0.15) is 29.5 Å². The zero-order valence-corrected chi connectivity index (χ0v) is 10.1. The third-order valence-electron chi connectivity index (χ3n) is 2.42. The number of nitrogens with zero attached hydrogens (tertiary/aromatic N) is 1. The van der Waals surface area contributed by atoms with E-state index in [1.54, 1.807) is 11.0 Å². The first kappa shape index (κ1) is 11.7. The molecule has 0 spiro atoms. The highest BCUT2D eigenvalue weighted by molar-refractivity contribution is 7.11. The average molecular weight is 253 g/mol. The Bertz CT molecular complexity index is 476. The summed E-state index contributed by atoms with van der Waals surface area (Å²) in [5.74, 6) is 2.16. The Morgan fingerprint density at radius 3 is 3.24 bits per heavy atom. The minimum absolute atomic E-state index is 0.0295. The van der Waals surface area contributed by atoms with Crippen molar-refractivity contribution < 1.29 is 19.1 Å². The van der Waals surface area contributed by atoms with E-state index in [4.69, 9.17) is 4.74 Å². The van der Waals surface area contributed by atoms with Crippen molar-refractivity contribution in [2.24, 2.45) is 0 Å². The van der Waals surface area contributed by atoms with Gasteiger partial charge in [0.15, 0.2) is 5.94 Å². The molecule has 2 rings (SSSR count). The van der Waals surface area contributed by atoms with Crippen LogP contribution in [0.5, 0.6) is 5.75 Å². The summed E-state index contributed by atoms with van der Waals surface area (Å²) in [5.41, 5.74) is 0.359. The molecule has 0 aliphatic carbocycles. The molecule has 2 heterocycles. The molecule has 5 nitrogen and oxygen atoms in total. The fraction of sp³-hybridized carbons (Fsp3) is 0.364. The van der Waals surface area contributed by atoms with Crippen molar-refractivity contribution in [3.63, 3.8) is 0 Å². The number of carbonyl (C=O) groups is 1. The molecule has 1 aromatic heterocycles. The van der Waals surface area contributed by atoms with Gasteiger partial charge in [-0.2, -0.15) is 0 Å². The first-order valence-corrected chi connectivity index (χ1v) is 5.91. The Labute approximate surface area is 102 Å². The summed E-state index contributed by atoms with van der Waals surface area (Å²) >= 11 is 1.39. The Kier molecular flexibility index (Phi) is 3.46. The van der Waals surface area contributed by atoms with Gasteiger partial charge in [0.2, 0.25) is 0 Å². The molecule has 1 aliphatic rings. The van der Waals surface area contributed by atoms with Crippen molar-refractivity contribution in [3.05, 3.63) is 16.3 Å². The largest absolute Gasteiger partial charge is 0.490 e. The van der Waals surface area contributed by atoms with Crippen LogP contribution in [-0.4, -0.2) is 43.6 Å². The number of hydrogen-bond acceptors (Lipinski definition) is 6. The third kappa shape index (κ3) is 2.33. The van der Waals surface area contributed by atoms with Crippen molar-refractivity contribution in [1.29, 1.82) is 0 Å². The smallest absolute Gasteiger partial charge is 0.325 e. The molecule has 0 bridgehead atoms. The third-order valence-corrected chi connectivity index (χ3v) is 3.33. The normalized spacial score (nSPS) is 14.4. The lowest BCUT2D eigenvalue weighted by Gasteiger charge is -2.19. The molecule has 6 heteroatoms. The lowest BCUT2D eigenvalue weighted by Crippen LogP contribution is -2.31. The van der Waals surface area contributed by atoms with E-state index >= 15 is 0 Å². The standard InChI is InChI=1S/C11H11NO4S/c1-15-10(14)6-12-3-4-16-9-2-5-17-11(9)8(12)7-13/h2,5H,3-4,6H2,1H3. The molecule has 1 aromatic rings. The van der Waals surface area contributed by atoms with Crippen molar-refractivity contribution in [2.75, 3.05) is 26.8 Å². The minimum Gasteiger partial charge on any atom is -0.490 e. The number of carbonyl (C=O) groups excluding carboxylic acids is 2. The van der Waals surface area contributed by atoms with E-state index in [1.165, 1.54) is 18.4 Å². The lowest BCUT2D eigenvalue weighted by atomic mass is 10.3. The molecule has 0 N–H and O–H groups in total. The fourth-order valence-electron chi connectivity index (χ4n) is 1.59. The summed E-state index contributed by atoms with van der Waals surface area (Å²) in [7, 11) is 1.32. The maximum absolute atomic E-state index is 11.3. The maximum Gasteiger partial charge on any atom is 0.325 e. The molecule has 0 fully saturated rings. The van der Waals surface area contributed by atoms with Crippen molar-refractivity contribution in [3.8, 4) is 5.75 Å². The van der Waals surface area contributed by atoms with Crippen LogP contribution < -0.4 is 4.74 Å². The number of esters is 1. The average Bonchev–Trinajstić information content (AvgIpc) is 2.72. The van der Waals surface area contributed by atoms with Gasteiger partial charge in [-0.15, -0.1) is 11.3 Å². The van der Waals surface area contributed by atoms with E-state index < -0.39 is 5.97 Å². The Morgan fingerprint density at radius 2 is 2.53 bits per heavy atom. The van der Waals surface area contributed by atoms with Crippen molar-refractivity contribution in [2.45, 2.75) is 0 Å². The van der Waals surface area contributed by atoms with Crippen molar-refractivity contribution in [1.82, 2.24) is 4.90 Å². The molecule has 0 unspecified atom stereocenters. The van der Waals surface area contributed by atoms with Crippen LogP contribution in [0.15, 0.2) is 11.4 Å². The zero-order valence-electron chi connectivity index (χ0n) is 9.26. The van der Waals surface area contributed by atoms with Crippen LogP contribution in [0.25, 0.3) is 5.70 Å². The highest BCUT2D eigenvalue weighted by Crippen LogP contribution is 2.34. The van der Waals surface area contributed by atoms with Crippen LogP contribution >= 0.6 is 11.3 Å². The van der Waals surface area contributed by atoms with E-state index in [-0.39, 0.29) is 6.54 Å². The second kappa shape index (κ2) is 5.03. The number of ether oxygens (including phenoxy) is 2. The number of hydrogen-bond donors (Lipinski definition) is 0. The van der Waals surface area contributed by atoms with Crippen LogP contribution in [0.3, 0.4) is 0 Å². The summed E-state index contributed by atoms with van der Waals surface area (Å²) in [6.07, 6.45) is 0. The van der Waals surface area contributed by atoms with Gasteiger partial charge in [-0.05, 0) is 11.4 Å². The summed E-state index contributed by atoms with van der Waals surface area (Å²) in [4.78, 5) is 24.6. The molecule has 90 valence electrons. The molecule has 0 radical (unpaired) electrons. The quantitative estimate of drug-likeness (QED) is 0.576. The Morgan fingerprint density at radius 1 is 1.71 bits per heavy atom. The predicted octanol–water partition coefficient (Wildman–Crippen LogP) is 0.788. The summed E-state index contributed by atoms with van der Waals surface area (Å²) in [5, 5.41) is 1.84. The van der Waals surface area contributed by atoms with Gasteiger partial charge in [-0.3, -0.25) is 4.79 Å². The molecule has 0 atom stereocenters. The second-order valence-corrected chi connectivity index (χ2v) is 4.33. The number of thiophene rings is 1. The van der Waals surface area contributed by atoms with Crippen LogP contribution in [0.4, 0.5) is 0 Å². The highest BCUT2D eigenvalue weighted by atomic mass is 32.1. The SMILES string of the molecule is COC(=O)CN1CCOc2ccsc2C1=C=O. The highest BCUT2D eigenvalue weighted by Gasteiger charge is 2.24. The maximum atomic E-state index is 11.3. The van der Waals surface area contributed by atoms with Gasteiger partial charge in [0.25, 0.3) is 0 Å². The van der Waals surface area contributed by atoms with Gasteiger partial charge in [-0.1, -0.05) is 0 Å². The molecular weight excluding hydrogens is 242 g/mol. The van der Waals surface area contributed by atoms with Gasteiger partial charge in [0, 0.05) is 0 Å². The first-order valence-electron chi connectivity index (χ1n) is 5.03. The Hall–Kier alpha value is -1.78. The molecule has 0 aromatic carbocycles. The van der Waals surface area contributed by atoms with Gasteiger partial charge >= 0.3 is 5.97 Å². The topological polar surface area (TPSA) is 55.8 Å². The van der Waals surface area contributed by atoms with Crippen LogP contribution in [-0.2, 0) is 14.3 Å². The lowest BCUT2D eigenvalue weighted by molar-refractivity contribution is -0.141. The molecular formula is C11H11NO4S. The molecule has 17 heavy (non-hydrogen) atoms. The summed E-state index contributed by atoms with van der Waals surface area (Å²) < 4.78 is 10.1. The Balaban J connectivity index is 2.30.